The summed E-state index contributed by atoms with van der Waals surface area (Å²) in [5.74, 6) is 0. The number of anilines is 2. The first-order chi connectivity index (χ1) is 11.5. The van der Waals surface area contributed by atoms with Gasteiger partial charge in [-0.25, -0.2) is 8.42 Å². The van der Waals surface area contributed by atoms with E-state index in [1.165, 1.54) is 6.07 Å². The van der Waals surface area contributed by atoms with Gasteiger partial charge in [0.15, 0.2) is 0 Å². The van der Waals surface area contributed by atoms with Crippen molar-refractivity contribution in [3.63, 3.8) is 0 Å². The highest BCUT2D eigenvalue weighted by Crippen LogP contribution is 2.27. The van der Waals surface area contributed by atoms with E-state index in [1.54, 1.807) is 24.4 Å². The maximum Gasteiger partial charge on any atom is 0.271 e. The highest BCUT2D eigenvalue weighted by molar-refractivity contribution is 7.94. The van der Waals surface area contributed by atoms with E-state index in [4.69, 9.17) is 11.6 Å². The van der Waals surface area contributed by atoms with Crippen LogP contribution in [0.15, 0.2) is 65.0 Å². The van der Waals surface area contributed by atoms with E-state index in [1.807, 2.05) is 30.3 Å². The Kier molecular flexibility index (Phi) is 5.03. The predicted molar refractivity (Wildman–Crippen MR) is 98.1 cm³/mol. The smallest absolute Gasteiger partial charge is 0.271 e. The van der Waals surface area contributed by atoms with Crippen molar-refractivity contribution in [2.24, 2.45) is 0 Å². The molecular weight excluding hydrogens is 366 g/mol. The van der Waals surface area contributed by atoms with Crippen LogP contribution in [0.5, 0.6) is 0 Å². The van der Waals surface area contributed by atoms with Gasteiger partial charge < -0.3 is 5.32 Å². The molecule has 24 heavy (non-hydrogen) atoms. The van der Waals surface area contributed by atoms with Gasteiger partial charge in [0, 0.05) is 17.6 Å². The number of nitrogens with one attached hydrogen (secondary N) is 2. The third-order valence-corrected chi connectivity index (χ3v) is 6.25. The number of hydrogen-bond donors (Lipinski definition) is 2. The molecule has 3 aromatic rings. The lowest BCUT2D eigenvalue weighted by atomic mass is 10.3. The lowest BCUT2D eigenvalue weighted by Crippen LogP contribution is -2.11. The molecule has 2 N–H and O–H groups in total. The molecule has 0 aliphatic heterocycles. The summed E-state index contributed by atoms with van der Waals surface area (Å²) in [7, 11) is -3.61. The molecule has 8 heteroatoms. The SMILES string of the molecule is O=S(=O)(Nc1ccc(NCc2ccccn2)cc1)c1ccc(Cl)s1. The van der Waals surface area contributed by atoms with Gasteiger partial charge in [0.05, 0.1) is 16.6 Å². The van der Waals surface area contributed by atoms with Gasteiger partial charge >= 0.3 is 0 Å². The second-order valence-electron chi connectivity index (χ2n) is 4.92. The summed E-state index contributed by atoms with van der Waals surface area (Å²) < 4.78 is 27.6. The average molecular weight is 380 g/mol. The number of rotatable bonds is 6. The van der Waals surface area contributed by atoms with Gasteiger partial charge in [-0.1, -0.05) is 17.7 Å². The van der Waals surface area contributed by atoms with Crippen LogP contribution in [0.3, 0.4) is 0 Å². The number of benzene rings is 1. The van der Waals surface area contributed by atoms with Crippen LogP contribution in [-0.4, -0.2) is 13.4 Å². The summed E-state index contributed by atoms with van der Waals surface area (Å²) in [6.45, 7) is 0.597. The van der Waals surface area contributed by atoms with Crippen molar-refractivity contribution in [1.29, 1.82) is 0 Å². The van der Waals surface area contributed by atoms with E-state index in [0.29, 0.717) is 16.6 Å². The Morgan fingerprint density at radius 3 is 2.38 bits per heavy atom. The first kappa shape index (κ1) is 16.8. The first-order valence-corrected chi connectivity index (χ1v) is 9.73. The molecule has 0 radical (unpaired) electrons. The number of hydrogen-bond acceptors (Lipinski definition) is 5. The molecule has 3 rings (SSSR count). The van der Waals surface area contributed by atoms with Crippen molar-refractivity contribution in [3.05, 3.63) is 70.8 Å². The van der Waals surface area contributed by atoms with E-state index in [9.17, 15) is 8.42 Å². The standard InChI is InChI=1S/C16H14ClN3O2S2/c17-15-8-9-16(23-15)24(21,22)20-13-6-4-12(5-7-13)19-11-14-3-1-2-10-18-14/h1-10,19-20H,11H2. The fraction of sp³-hybridized carbons (Fsp3) is 0.0625. The number of aromatic nitrogens is 1. The minimum atomic E-state index is -3.61. The maximum absolute atomic E-state index is 12.2. The van der Waals surface area contributed by atoms with Crippen molar-refractivity contribution < 1.29 is 8.42 Å². The van der Waals surface area contributed by atoms with E-state index in [0.717, 1.165) is 22.7 Å². The van der Waals surface area contributed by atoms with Gasteiger partial charge in [0.1, 0.15) is 4.21 Å². The molecule has 0 saturated carbocycles. The summed E-state index contributed by atoms with van der Waals surface area (Å²) in [6.07, 6.45) is 1.74. The highest BCUT2D eigenvalue weighted by atomic mass is 35.5. The largest absolute Gasteiger partial charge is 0.379 e. The van der Waals surface area contributed by atoms with Crippen LogP contribution in [0, 0.1) is 0 Å². The van der Waals surface area contributed by atoms with E-state index in [2.05, 4.69) is 15.0 Å². The average Bonchev–Trinajstić information content (AvgIpc) is 3.02. The predicted octanol–water partition coefficient (Wildman–Crippen LogP) is 4.21. The quantitative estimate of drug-likeness (QED) is 0.673. The molecule has 1 aromatic carbocycles. The molecule has 0 bridgehead atoms. The van der Waals surface area contributed by atoms with E-state index >= 15 is 0 Å². The Morgan fingerprint density at radius 2 is 1.75 bits per heavy atom. The van der Waals surface area contributed by atoms with Crippen molar-refractivity contribution in [2.75, 3.05) is 10.0 Å². The van der Waals surface area contributed by atoms with Gasteiger partial charge in [-0.05, 0) is 48.5 Å². The van der Waals surface area contributed by atoms with Crippen LogP contribution >= 0.6 is 22.9 Å². The molecule has 0 aliphatic rings. The lowest BCUT2D eigenvalue weighted by molar-refractivity contribution is 0.603. The molecule has 0 atom stereocenters. The number of nitrogens with zero attached hydrogens (tertiary/aromatic N) is 1. The molecular formula is C16H14ClN3O2S2. The van der Waals surface area contributed by atoms with Gasteiger partial charge in [-0.15, -0.1) is 11.3 Å². The highest BCUT2D eigenvalue weighted by Gasteiger charge is 2.16. The summed E-state index contributed by atoms with van der Waals surface area (Å²) >= 11 is 6.81. The van der Waals surface area contributed by atoms with Crippen LogP contribution in [-0.2, 0) is 16.6 Å². The monoisotopic (exact) mass is 379 g/mol. The number of thiophene rings is 1. The van der Waals surface area contributed by atoms with Crippen molar-refractivity contribution >= 4 is 44.3 Å². The molecule has 2 aromatic heterocycles. The summed E-state index contributed by atoms with van der Waals surface area (Å²) in [4.78, 5) is 4.23. The molecule has 0 fully saturated rings. The molecule has 0 spiro atoms. The second-order valence-corrected chi connectivity index (χ2v) is 8.54. The molecule has 0 saturated heterocycles. The second kappa shape index (κ2) is 7.21. The fourth-order valence-corrected chi connectivity index (χ4v) is 4.54. The molecule has 124 valence electrons. The Labute approximate surface area is 149 Å². The Bertz CT molecular complexity index is 910. The molecule has 0 unspecified atom stereocenters. The van der Waals surface area contributed by atoms with Gasteiger partial charge in [-0.3, -0.25) is 9.71 Å². The Hall–Kier alpha value is -2.09. The van der Waals surface area contributed by atoms with Crippen LogP contribution in [0.1, 0.15) is 5.69 Å². The van der Waals surface area contributed by atoms with Gasteiger partial charge in [0.2, 0.25) is 0 Å². The first-order valence-electron chi connectivity index (χ1n) is 7.05. The zero-order chi connectivity index (χ0) is 17.0. The van der Waals surface area contributed by atoms with Gasteiger partial charge in [0.25, 0.3) is 10.0 Å². The van der Waals surface area contributed by atoms with Crippen molar-refractivity contribution in [2.45, 2.75) is 10.8 Å². The van der Waals surface area contributed by atoms with Crippen LogP contribution < -0.4 is 10.0 Å². The third kappa shape index (κ3) is 4.25. The lowest BCUT2D eigenvalue weighted by Gasteiger charge is -2.09. The zero-order valence-electron chi connectivity index (χ0n) is 12.4. The molecule has 0 amide bonds. The normalized spacial score (nSPS) is 11.2. The van der Waals surface area contributed by atoms with Crippen LogP contribution in [0.2, 0.25) is 4.34 Å². The number of halogens is 1. The van der Waals surface area contributed by atoms with Crippen molar-refractivity contribution in [3.8, 4) is 0 Å². The minimum absolute atomic E-state index is 0.185. The molecule has 5 nitrogen and oxygen atoms in total. The number of pyridine rings is 1. The Morgan fingerprint density at radius 1 is 1.00 bits per heavy atom. The van der Waals surface area contributed by atoms with E-state index in [-0.39, 0.29) is 4.21 Å². The minimum Gasteiger partial charge on any atom is -0.379 e. The molecule has 0 aliphatic carbocycles. The summed E-state index contributed by atoms with van der Waals surface area (Å²) in [6, 6.07) is 15.8. The third-order valence-electron chi connectivity index (χ3n) is 3.15. The van der Waals surface area contributed by atoms with Crippen LogP contribution in [0.25, 0.3) is 0 Å². The fourth-order valence-electron chi connectivity index (χ4n) is 2.00. The zero-order valence-corrected chi connectivity index (χ0v) is 14.8. The van der Waals surface area contributed by atoms with Gasteiger partial charge in [-0.2, -0.15) is 0 Å². The number of sulfonamides is 1. The van der Waals surface area contributed by atoms with E-state index < -0.39 is 10.0 Å². The Balaban J connectivity index is 1.64. The maximum atomic E-state index is 12.2. The summed E-state index contributed by atoms with van der Waals surface area (Å²) in [5.41, 5.74) is 2.29. The van der Waals surface area contributed by atoms with Crippen molar-refractivity contribution in [1.82, 2.24) is 4.98 Å². The molecule has 2 heterocycles. The topological polar surface area (TPSA) is 71.1 Å². The van der Waals surface area contributed by atoms with Crippen LogP contribution in [0.4, 0.5) is 11.4 Å². The summed E-state index contributed by atoms with van der Waals surface area (Å²) in [5, 5.41) is 3.23.